The standard InChI is InChI=1S/C58H40N2O2Si2/c1-6-22-41(23-7-1)48-40-49(46-32-20-38-54-56(46)61-50-34-16-18-36-52(50)63(54,42-24-8-2-9-25-42)43-26-10-3-11-27-43)60-58(59-48)47-33-21-39-55-57(47)62-51-35-17-19-37-53(51)64(55,44-28-12-4-13-29-44)45-30-14-5-15-31-45/h1-40H. The summed E-state index contributed by atoms with van der Waals surface area (Å²) in [4.78, 5) is 11.0. The van der Waals surface area contributed by atoms with Crippen LogP contribution in [0.15, 0.2) is 243 Å². The van der Waals surface area contributed by atoms with Crippen molar-refractivity contribution in [1.82, 2.24) is 9.97 Å². The molecule has 4 nitrogen and oxygen atoms in total. The van der Waals surface area contributed by atoms with Gasteiger partial charge in [0.2, 0.25) is 0 Å². The average Bonchev–Trinajstić information content (AvgIpc) is 3.38. The summed E-state index contributed by atoms with van der Waals surface area (Å²) < 4.78 is 14.3. The first-order valence-electron chi connectivity index (χ1n) is 21.7. The number of hydrogen-bond donors (Lipinski definition) is 0. The molecule has 0 radical (unpaired) electrons. The lowest BCUT2D eigenvalue weighted by Crippen LogP contribution is -2.76. The van der Waals surface area contributed by atoms with E-state index in [0.717, 1.165) is 56.3 Å². The smallest absolute Gasteiger partial charge is 0.188 e. The van der Waals surface area contributed by atoms with Crippen molar-refractivity contribution >= 4 is 57.6 Å². The van der Waals surface area contributed by atoms with E-state index in [4.69, 9.17) is 19.4 Å². The fourth-order valence-corrected chi connectivity index (χ4v) is 20.2. The van der Waals surface area contributed by atoms with E-state index < -0.39 is 16.1 Å². The molecule has 0 spiro atoms. The van der Waals surface area contributed by atoms with Gasteiger partial charge in [-0.15, -0.1) is 0 Å². The molecule has 0 amide bonds. The zero-order valence-corrected chi connectivity index (χ0v) is 36.8. The summed E-state index contributed by atoms with van der Waals surface area (Å²) in [5.74, 6) is 3.92. The van der Waals surface area contributed by atoms with Gasteiger partial charge in [0, 0.05) is 11.1 Å². The highest BCUT2D eigenvalue weighted by atomic mass is 28.3. The minimum Gasteiger partial charge on any atom is -0.457 e. The number of fused-ring (bicyclic) bond motifs is 4. The second kappa shape index (κ2) is 15.5. The summed E-state index contributed by atoms with van der Waals surface area (Å²) in [7, 11) is -5.84. The van der Waals surface area contributed by atoms with Crippen molar-refractivity contribution in [3.05, 3.63) is 243 Å². The number of hydrogen-bond acceptors (Lipinski definition) is 4. The minimum atomic E-state index is -2.93. The molecular weight excluding hydrogens is 813 g/mol. The van der Waals surface area contributed by atoms with Crippen LogP contribution in [-0.4, -0.2) is 26.1 Å². The van der Waals surface area contributed by atoms with E-state index in [1.54, 1.807) is 0 Å². The van der Waals surface area contributed by atoms with Crippen LogP contribution in [-0.2, 0) is 0 Å². The SMILES string of the molecule is c1ccc(-c2cc(-c3cccc4c3Oc3ccccc3[Si]4(c3ccccc3)c3ccccc3)nc(-c3cccc4c3Oc3ccccc3[Si]4(c3ccccc3)c3ccccc3)n2)cc1. The van der Waals surface area contributed by atoms with Crippen molar-refractivity contribution in [2.24, 2.45) is 0 Å². The number of rotatable bonds is 7. The Hall–Kier alpha value is -7.91. The van der Waals surface area contributed by atoms with E-state index in [2.05, 4.69) is 237 Å². The fourth-order valence-electron chi connectivity index (χ4n) is 10.3. The Morgan fingerprint density at radius 3 is 1.12 bits per heavy atom. The van der Waals surface area contributed by atoms with E-state index >= 15 is 0 Å². The Balaban J connectivity index is 1.13. The zero-order valence-electron chi connectivity index (χ0n) is 34.8. The van der Waals surface area contributed by atoms with Gasteiger partial charge in [-0.2, -0.15) is 0 Å². The number of nitrogens with zero attached hydrogens (tertiary/aromatic N) is 2. The maximum Gasteiger partial charge on any atom is 0.188 e. The quantitative estimate of drug-likeness (QED) is 0.151. The molecule has 0 N–H and O–H groups in total. The second-order valence-corrected chi connectivity index (χ2v) is 23.8. The van der Waals surface area contributed by atoms with Crippen molar-refractivity contribution in [1.29, 1.82) is 0 Å². The van der Waals surface area contributed by atoms with Gasteiger partial charge in [-0.1, -0.05) is 212 Å². The molecule has 9 aromatic carbocycles. The third kappa shape index (κ3) is 5.80. The lowest BCUT2D eigenvalue weighted by Gasteiger charge is -2.40. The Bertz CT molecular complexity index is 3050. The molecule has 2 aliphatic heterocycles. The third-order valence-corrected chi connectivity index (χ3v) is 22.6. The van der Waals surface area contributed by atoms with Gasteiger partial charge in [0.05, 0.1) is 17.0 Å². The Morgan fingerprint density at radius 1 is 0.297 bits per heavy atom. The first-order valence-corrected chi connectivity index (χ1v) is 25.7. The Labute approximate surface area is 374 Å². The molecule has 0 saturated heterocycles. The molecule has 10 aromatic rings. The molecule has 2 aliphatic rings. The summed E-state index contributed by atoms with van der Waals surface area (Å²) in [6.07, 6.45) is 0. The lowest BCUT2D eigenvalue weighted by atomic mass is 10.1. The number of para-hydroxylation sites is 4. The number of benzene rings is 9. The zero-order chi connectivity index (χ0) is 42.5. The summed E-state index contributed by atoms with van der Waals surface area (Å²) >= 11 is 0. The van der Waals surface area contributed by atoms with Gasteiger partial charge >= 0.3 is 0 Å². The maximum atomic E-state index is 7.16. The van der Waals surface area contributed by atoms with Crippen LogP contribution in [0, 0.1) is 0 Å². The molecule has 0 bridgehead atoms. The van der Waals surface area contributed by atoms with Crippen molar-refractivity contribution in [3.63, 3.8) is 0 Å². The highest BCUT2D eigenvalue weighted by molar-refractivity contribution is 7.21. The highest BCUT2D eigenvalue weighted by Gasteiger charge is 2.50. The molecule has 12 rings (SSSR count). The predicted molar refractivity (Wildman–Crippen MR) is 266 cm³/mol. The summed E-state index contributed by atoms with van der Waals surface area (Å²) in [6, 6.07) is 86.7. The van der Waals surface area contributed by atoms with Crippen molar-refractivity contribution < 1.29 is 9.47 Å². The van der Waals surface area contributed by atoms with E-state index in [1.165, 1.54) is 36.3 Å². The van der Waals surface area contributed by atoms with Crippen LogP contribution < -0.4 is 51.0 Å². The summed E-state index contributed by atoms with van der Waals surface area (Å²) in [5.41, 5.74) is 4.32. The summed E-state index contributed by atoms with van der Waals surface area (Å²) in [6.45, 7) is 0. The number of aromatic nitrogens is 2. The molecule has 6 heteroatoms. The van der Waals surface area contributed by atoms with Gasteiger partial charge in [0.15, 0.2) is 22.0 Å². The topological polar surface area (TPSA) is 44.2 Å². The van der Waals surface area contributed by atoms with Crippen molar-refractivity contribution in [2.45, 2.75) is 0 Å². The van der Waals surface area contributed by atoms with Gasteiger partial charge in [-0.25, -0.2) is 9.97 Å². The van der Waals surface area contributed by atoms with Gasteiger partial charge < -0.3 is 9.47 Å². The van der Waals surface area contributed by atoms with E-state index in [0.29, 0.717) is 5.82 Å². The molecule has 64 heavy (non-hydrogen) atoms. The second-order valence-electron chi connectivity index (χ2n) is 16.4. The lowest BCUT2D eigenvalue weighted by molar-refractivity contribution is 0.488. The molecule has 0 aliphatic carbocycles. The predicted octanol–water partition coefficient (Wildman–Crippen LogP) is 8.44. The molecule has 0 unspecified atom stereocenters. The summed E-state index contributed by atoms with van der Waals surface area (Å²) in [5, 5.41) is 9.94. The Morgan fingerprint density at radius 2 is 0.656 bits per heavy atom. The van der Waals surface area contributed by atoms with Gasteiger partial charge in [0.25, 0.3) is 0 Å². The van der Waals surface area contributed by atoms with Crippen LogP contribution in [0.2, 0.25) is 0 Å². The molecular formula is C58H40N2O2Si2. The van der Waals surface area contributed by atoms with Crippen LogP contribution >= 0.6 is 0 Å². The monoisotopic (exact) mass is 852 g/mol. The first-order chi connectivity index (χ1) is 31.7. The van der Waals surface area contributed by atoms with Crippen molar-refractivity contribution in [2.75, 3.05) is 0 Å². The van der Waals surface area contributed by atoms with Crippen LogP contribution in [0.1, 0.15) is 0 Å². The molecule has 0 fully saturated rings. The van der Waals surface area contributed by atoms with E-state index in [-0.39, 0.29) is 0 Å². The molecule has 1 aromatic heterocycles. The third-order valence-electron chi connectivity index (χ3n) is 13.0. The minimum absolute atomic E-state index is 0.583. The fraction of sp³-hybridized carbons (Fsp3) is 0. The van der Waals surface area contributed by atoms with Gasteiger partial charge in [-0.3, -0.25) is 0 Å². The molecule has 0 atom stereocenters. The molecule has 0 saturated carbocycles. The largest absolute Gasteiger partial charge is 0.457 e. The van der Waals surface area contributed by atoms with Gasteiger partial charge in [0.1, 0.15) is 23.0 Å². The van der Waals surface area contributed by atoms with Crippen LogP contribution in [0.3, 0.4) is 0 Å². The van der Waals surface area contributed by atoms with Crippen LogP contribution in [0.25, 0.3) is 33.9 Å². The van der Waals surface area contributed by atoms with E-state index in [1.807, 2.05) is 6.07 Å². The number of ether oxygens (including phenoxy) is 2. The van der Waals surface area contributed by atoms with Gasteiger partial charge in [-0.05, 0) is 71.8 Å². The average molecular weight is 853 g/mol. The van der Waals surface area contributed by atoms with Crippen LogP contribution in [0.4, 0.5) is 0 Å². The van der Waals surface area contributed by atoms with Crippen LogP contribution in [0.5, 0.6) is 23.0 Å². The Kier molecular flexibility index (Phi) is 9.14. The van der Waals surface area contributed by atoms with E-state index in [9.17, 15) is 0 Å². The van der Waals surface area contributed by atoms with Crippen molar-refractivity contribution in [3.8, 4) is 56.9 Å². The molecule has 302 valence electrons. The first kappa shape index (κ1) is 37.8. The maximum absolute atomic E-state index is 7.16. The normalized spacial score (nSPS) is 13.8. The highest BCUT2D eigenvalue weighted by Crippen LogP contribution is 2.41. The molecule has 3 heterocycles.